The van der Waals surface area contributed by atoms with Crippen molar-refractivity contribution in [1.29, 1.82) is 0 Å². The Morgan fingerprint density at radius 2 is 1.64 bits per heavy atom. The average Bonchev–Trinajstić information content (AvgIpc) is 2.65. The first-order chi connectivity index (χ1) is 12.2. The minimum Gasteiger partial charge on any atom is -0.463 e. The van der Waals surface area contributed by atoms with Crippen LogP contribution in [0, 0.1) is 0 Å². The Morgan fingerprint density at radius 1 is 0.960 bits per heavy atom. The Kier molecular flexibility index (Phi) is 7.20. The first-order valence-electron chi connectivity index (χ1n) is 8.67. The van der Waals surface area contributed by atoms with Gasteiger partial charge in [-0.15, -0.1) is 0 Å². The van der Waals surface area contributed by atoms with Crippen molar-refractivity contribution in [1.82, 2.24) is 0 Å². The molecule has 1 unspecified atom stereocenters. The van der Waals surface area contributed by atoms with Crippen LogP contribution in [-0.4, -0.2) is 18.5 Å². The molecule has 0 saturated carbocycles. The van der Waals surface area contributed by atoms with Crippen molar-refractivity contribution < 1.29 is 19.1 Å². The topological polar surface area (TPSA) is 52.6 Å². The van der Waals surface area contributed by atoms with E-state index in [2.05, 4.69) is 6.92 Å². The van der Waals surface area contributed by atoms with Crippen LogP contribution in [0.2, 0.25) is 0 Å². The van der Waals surface area contributed by atoms with Gasteiger partial charge in [0.25, 0.3) is 0 Å². The van der Waals surface area contributed by atoms with Crippen LogP contribution in [0.1, 0.15) is 54.3 Å². The molecule has 132 valence electrons. The minimum atomic E-state index is -1.06. The third-order valence-corrected chi connectivity index (χ3v) is 3.86. The van der Waals surface area contributed by atoms with Crippen molar-refractivity contribution in [2.24, 2.45) is 0 Å². The first kappa shape index (κ1) is 18.7. The largest absolute Gasteiger partial charge is 0.463 e. The molecule has 0 aliphatic carbocycles. The lowest BCUT2D eigenvalue weighted by molar-refractivity contribution is -0.153. The molecule has 0 N–H and O–H groups in total. The molecule has 25 heavy (non-hydrogen) atoms. The maximum Gasteiger partial charge on any atom is 0.352 e. The number of hydrogen-bond acceptors (Lipinski definition) is 4. The van der Waals surface area contributed by atoms with Crippen molar-refractivity contribution in [3.05, 3.63) is 71.3 Å². The fourth-order valence-corrected chi connectivity index (χ4v) is 2.57. The Labute approximate surface area is 148 Å². The number of rotatable bonds is 8. The van der Waals surface area contributed by atoms with E-state index < -0.39 is 18.0 Å². The fraction of sp³-hybridized carbons (Fsp3) is 0.333. The third-order valence-electron chi connectivity index (χ3n) is 3.86. The molecular formula is C21H24O4. The SMILES string of the molecule is CCCCc1ccccc1C(=O)OC(C(=O)OCC)c1ccccc1. The summed E-state index contributed by atoms with van der Waals surface area (Å²) < 4.78 is 10.6. The summed E-state index contributed by atoms with van der Waals surface area (Å²) >= 11 is 0. The molecule has 2 rings (SSSR count). The van der Waals surface area contributed by atoms with E-state index in [0.717, 1.165) is 24.8 Å². The van der Waals surface area contributed by atoms with Crippen molar-refractivity contribution in [2.45, 2.75) is 39.2 Å². The van der Waals surface area contributed by atoms with Gasteiger partial charge in [0.15, 0.2) is 0 Å². The fourth-order valence-electron chi connectivity index (χ4n) is 2.57. The highest BCUT2D eigenvalue weighted by Crippen LogP contribution is 2.22. The van der Waals surface area contributed by atoms with E-state index in [1.807, 2.05) is 18.2 Å². The van der Waals surface area contributed by atoms with Crippen LogP contribution in [0.4, 0.5) is 0 Å². The molecule has 0 aliphatic rings. The molecule has 0 aliphatic heterocycles. The molecule has 0 saturated heterocycles. The molecular weight excluding hydrogens is 316 g/mol. The highest BCUT2D eigenvalue weighted by atomic mass is 16.6. The predicted octanol–water partition coefficient (Wildman–Crippen LogP) is 4.49. The molecule has 0 bridgehead atoms. The van der Waals surface area contributed by atoms with Crippen LogP contribution < -0.4 is 0 Å². The smallest absolute Gasteiger partial charge is 0.352 e. The summed E-state index contributed by atoms with van der Waals surface area (Å²) in [4.78, 5) is 25.0. The summed E-state index contributed by atoms with van der Waals surface area (Å²) in [5, 5.41) is 0. The van der Waals surface area contributed by atoms with E-state index in [0.29, 0.717) is 11.1 Å². The van der Waals surface area contributed by atoms with Crippen LogP contribution in [0.5, 0.6) is 0 Å². The van der Waals surface area contributed by atoms with Gasteiger partial charge in [-0.2, -0.15) is 0 Å². The zero-order valence-electron chi connectivity index (χ0n) is 14.7. The maximum atomic E-state index is 12.7. The van der Waals surface area contributed by atoms with E-state index in [4.69, 9.17) is 9.47 Å². The Hall–Kier alpha value is -2.62. The number of hydrogen-bond donors (Lipinski definition) is 0. The molecule has 0 amide bonds. The Bertz CT molecular complexity index is 694. The van der Waals surface area contributed by atoms with Crippen LogP contribution in [0.15, 0.2) is 54.6 Å². The van der Waals surface area contributed by atoms with Gasteiger partial charge in [-0.05, 0) is 31.4 Å². The summed E-state index contributed by atoms with van der Waals surface area (Å²) in [5.41, 5.74) is 2.03. The molecule has 4 heteroatoms. The highest BCUT2D eigenvalue weighted by Gasteiger charge is 2.27. The second-order valence-electron chi connectivity index (χ2n) is 5.71. The van der Waals surface area contributed by atoms with Gasteiger partial charge in [-0.1, -0.05) is 61.9 Å². The molecule has 0 radical (unpaired) electrons. The summed E-state index contributed by atoms with van der Waals surface area (Å²) in [7, 11) is 0. The van der Waals surface area contributed by atoms with Gasteiger partial charge in [0, 0.05) is 5.56 Å². The van der Waals surface area contributed by atoms with E-state index >= 15 is 0 Å². The van der Waals surface area contributed by atoms with Gasteiger partial charge in [-0.3, -0.25) is 0 Å². The van der Waals surface area contributed by atoms with E-state index in [9.17, 15) is 9.59 Å². The van der Waals surface area contributed by atoms with Crippen molar-refractivity contribution >= 4 is 11.9 Å². The highest BCUT2D eigenvalue weighted by molar-refractivity contribution is 5.93. The second-order valence-corrected chi connectivity index (χ2v) is 5.71. The molecule has 0 spiro atoms. The predicted molar refractivity (Wildman–Crippen MR) is 96.3 cm³/mol. The summed E-state index contributed by atoms with van der Waals surface area (Å²) in [6, 6.07) is 16.3. The maximum absolute atomic E-state index is 12.7. The molecule has 0 fully saturated rings. The lowest BCUT2D eigenvalue weighted by atomic mass is 10.0. The lowest BCUT2D eigenvalue weighted by Crippen LogP contribution is -2.22. The van der Waals surface area contributed by atoms with Gasteiger partial charge in [0.05, 0.1) is 12.2 Å². The quantitative estimate of drug-likeness (QED) is 0.664. The van der Waals surface area contributed by atoms with E-state index in [-0.39, 0.29) is 6.61 Å². The van der Waals surface area contributed by atoms with Gasteiger partial charge in [-0.25, -0.2) is 9.59 Å². The van der Waals surface area contributed by atoms with Crippen molar-refractivity contribution in [3.8, 4) is 0 Å². The lowest BCUT2D eigenvalue weighted by Gasteiger charge is -2.18. The third kappa shape index (κ3) is 5.18. The standard InChI is InChI=1S/C21H24O4/c1-3-5-11-16-12-9-10-15-18(16)20(22)25-19(21(23)24-4-2)17-13-7-6-8-14-17/h6-10,12-15,19H,3-5,11H2,1-2H3. The number of aryl methyl sites for hydroxylation is 1. The van der Waals surface area contributed by atoms with E-state index in [1.54, 1.807) is 43.3 Å². The van der Waals surface area contributed by atoms with Gasteiger partial charge >= 0.3 is 11.9 Å². The van der Waals surface area contributed by atoms with Crippen LogP contribution in [-0.2, 0) is 20.7 Å². The summed E-state index contributed by atoms with van der Waals surface area (Å²) in [5.74, 6) is -1.07. The number of unbranched alkanes of at least 4 members (excludes halogenated alkanes) is 1. The molecule has 0 heterocycles. The average molecular weight is 340 g/mol. The monoisotopic (exact) mass is 340 g/mol. The molecule has 1 atom stereocenters. The van der Waals surface area contributed by atoms with Gasteiger partial charge in [0.1, 0.15) is 0 Å². The second kappa shape index (κ2) is 9.62. The molecule has 2 aromatic rings. The zero-order chi connectivity index (χ0) is 18.1. The number of ether oxygens (including phenoxy) is 2. The normalized spacial score (nSPS) is 11.6. The number of carbonyl (C=O) groups is 2. The van der Waals surface area contributed by atoms with Crippen LogP contribution >= 0.6 is 0 Å². The molecule has 4 nitrogen and oxygen atoms in total. The van der Waals surface area contributed by atoms with Crippen molar-refractivity contribution in [2.75, 3.05) is 6.61 Å². The van der Waals surface area contributed by atoms with Crippen LogP contribution in [0.25, 0.3) is 0 Å². The Balaban J connectivity index is 2.24. The van der Waals surface area contributed by atoms with Gasteiger partial charge in [0.2, 0.25) is 6.10 Å². The number of benzene rings is 2. The zero-order valence-corrected chi connectivity index (χ0v) is 14.7. The van der Waals surface area contributed by atoms with E-state index in [1.165, 1.54) is 0 Å². The molecule has 0 aromatic heterocycles. The number of carbonyl (C=O) groups excluding carboxylic acids is 2. The number of esters is 2. The minimum absolute atomic E-state index is 0.229. The Morgan fingerprint density at radius 3 is 2.32 bits per heavy atom. The van der Waals surface area contributed by atoms with Crippen molar-refractivity contribution in [3.63, 3.8) is 0 Å². The summed E-state index contributed by atoms with van der Waals surface area (Å²) in [6.45, 7) is 4.06. The summed E-state index contributed by atoms with van der Waals surface area (Å²) in [6.07, 6.45) is 1.77. The molecule has 2 aromatic carbocycles. The van der Waals surface area contributed by atoms with Gasteiger partial charge < -0.3 is 9.47 Å². The van der Waals surface area contributed by atoms with Crippen LogP contribution in [0.3, 0.4) is 0 Å². The first-order valence-corrected chi connectivity index (χ1v) is 8.67.